The predicted octanol–water partition coefficient (Wildman–Crippen LogP) is 1.03. The number of likely N-dealkylation sites (tertiary alicyclic amines) is 1. The third-order valence-corrected chi connectivity index (χ3v) is 4.57. The van der Waals surface area contributed by atoms with E-state index in [2.05, 4.69) is 36.3 Å². The molecule has 2 aliphatic heterocycles. The van der Waals surface area contributed by atoms with Gasteiger partial charge in [0.25, 0.3) is 0 Å². The molecule has 2 unspecified atom stereocenters. The van der Waals surface area contributed by atoms with E-state index in [0.29, 0.717) is 5.41 Å². The van der Waals surface area contributed by atoms with Crippen LogP contribution in [-0.2, 0) is 4.74 Å². The summed E-state index contributed by atoms with van der Waals surface area (Å²) in [6, 6.07) is 0.741. The van der Waals surface area contributed by atoms with Crippen molar-refractivity contribution >= 4 is 0 Å². The Morgan fingerprint density at radius 2 is 2.21 bits per heavy atom. The van der Waals surface area contributed by atoms with Crippen LogP contribution in [0.2, 0.25) is 0 Å². The molecule has 2 heterocycles. The van der Waals surface area contributed by atoms with E-state index >= 15 is 0 Å². The Morgan fingerprint density at radius 1 is 1.37 bits per heavy atom. The minimum absolute atomic E-state index is 0.335. The van der Waals surface area contributed by atoms with Gasteiger partial charge < -0.3 is 15.0 Å². The minimum Gasteiger partial charge on any atom is -0.381 e. The van der Waals surface area contributed by atoms with Gasteiger partial charge in [-0.15, -0.1) is 0 Å². The smallest absolute Gasteiger partial charge is 0.0546 e. The van der Waals surface area contributed by atoms with Crippen LogP contribution in [0.25, 0.3) is 0 Å². The molecule has 0 aromatic rings. The van der Waals surface area contributed by atoms with Crippen molar-refractivity contribution in [3.63, 3.8) is 0 Å². The molecule has 19 heavy (non-hydrogen) atoms. The monoisotopic (exact) mass is 269 g/mol. The number of likely N-dealkylation sites (N-methyl/N-ethyl adjacent to an activating group) is 1. The van der Waals surface area contributed by atoms with Crippen molar-refractivity contribution in [2.24, 2.45) is 5.41 Å². The summed E-state index contributed by atoms with van der Waals surface area (Å²) in [5.74, 6) is 0. The Bertz CT molecular complexity index is 259. The number of ether oxygens (including phenoxy) is 1. The van der Waals surface area contributed by atoms with Gasteiger partial charge in [-0.05, 0) is 53.4 Å². The standard InChI is InChI=1S/C15H31N3O/c1-16-11-15(7-5-9-19-13-15)12-18-8-4-6-14(18)10-17(2)3/h14,16H,4-13H2,1-3H3. The van der Waals surface area contributed by atoms with Crippen molar-refractivity contribution in [3.05, 3.63) is 0 Å². The maximum atomic E-state index is 5.79. The summed E-state index contributed by atoms with van der Waals surface area (Å²) in [6.45, 7) is 6.62. The van der Waals surface area contributed by atoms with Crippen LogP contribution in [0, 0.1) is 5.41 Å². The molecule has 2 aliphatic rings. The lowest BCUT2D eigenvalue weighted by molar-refractivity contribution is -0.0283. The van der Waals surface area contributed by atoms with Gasteiger partial charge in [0, 0.05) is 37.7 Å². The molecular formula is C15H31N3O. The Morgan fingerprint density at radius 3 is 2.84 bits per heavy atom. The average molecular weight is 269 g/mol. The fourth-order valence-corrected chi connectivity index (χ4v) is 3.77. The first-order chi connectivity index (χ1) is 9.15. The highest BCUT2D eigenvalue weighted by Crippen LogP contribution is 2.32. The Balaban J connectivity index is 1.95. The van der Waals surface area contributed by atoms with Crippen LogP contribution in [0.5, 0.6) is 0 Å². The van der Waals surface area contributed by atoms with E-state index in [1.54, 1.807) is 0 Å². The molecule has 2 atom stereocenters. The maximum absolute atomic E-state index is 5.79. The van der Waals surface area contributed by atoms with Crippen LogP contribution in [0.1, 0.15) is 25.7 Å². The summed E-state index contributed by atoms with van der Waals surface area (Å²) in [5, 5.41) is 3.39. The zero-order valence-corrected chi connectivity index (χ0v) is 13.0. The van der Waals surface area contributed by atoms with Crippen molar-refractivity contribution in [1.82, 2.24) is 15.1 Å². The van der Waals surface area contributed by atoms with Crippen molar-refractivity contribution in [2.45, 2.75) is 31.7 Å². The molecule has 2 saturated heterocycles. The molecule has 0 bridgehead atoms. The van der Waals surface area contributed by atoms with Gasteiger partial charge in [-0.3, -0.25) is 4.90 Å². The summed E-state index contributed by atoms with van der Waals surface area (Å²) in [5.41, 5.74) is 0.335. The molecule has 2 rings (SSSR count). The molecule has 1 N–H and O–H groups in total. The minimum atomic E-state index is 0.335. The summed E-state index contributed by atoms with van der Waals surface area (Å²) >= 11 is 0. The molecule has 0 aliphatic carbocycles. The fraction of sp³-hybridized carbons (Fsp3) is 1.00. The lowest BCUT2D eigenvalue weighted by atomic mass is 9.81. The zero-order chi connectivity index (χ0) is 13.7. The second kappa shape index (κ2) is 7.02. The van der Waals surface area contributed by atoms with Crippen molar-refractivity contribution in [2.75, 3.05) is 60.5 Å². The highest BCUT2D eigenvalue weighted by molar-refractivity contribution is 4.91. The summed E-state index contributed by atoms with van der Waals surface area (Å²) in [6.07, 6.45) is 5.23. The Hall–Kier alpha value is -0.160. The third-order valence-electron chi connectivity index (χ3n) is 4.57. The number of hydrogen-bond donors (Lipinski definition) is 1. The summed E-state index contributed by atoms with van der Waals surface area (Å²) in [7, 11) is 6.44. The highest BCUT2D eigenvalue weighted by Gasteiger charge is 2.37. The van der Waals surface area contributed by atoms with Gasteiger partial charge in [-0.2, -0.15) is 0 Å². The molecule has 0 radical (unpaired) electrons. The van der Waals surface area contributed by atoms with Crippen molar-refractivity contribution in [1.29, 1.82) is 0 Å². The molecule has 2 fully saturated rings. The van der Waals surface area contributed by atoms with Crippen LogP contribution in [0.15, 0.2) is 0 Å². The van der Waals surface area contributed by atoms with Gasteiger partial charge in [-0.25, -0.2) is 0 Å². The quantitative estimate of drug-likeness (QED) is 0.779. The molecule has 0 saturated carbocycles. The topological polar surface area (TPSA) is 27.7 Å². The van der Waals surface area contributed by atoms with Gasteiger partial charge in [0.15, 0.2) is 0 Å². The SMILES string of the molecule is CNCC1(CN2CCCC2CN(C)C)CCCOC1. The van der Waals surface area contributed by atoms with Crippen LogP contribution >= 0.6 is 0 Å². The van der Waals surface area contributed by atoms with Crippen molar-refractivity contribution in [3.8, 4) is 0 Å². The van der Waals surface area contributed by atoms with Gasteiger partial charge in [-0.1, -0.05) is 0 Å². The van der Waals surface area contributed by atoms with E-state index in [9.17, 15) is 0 Å². The normalized spacial score (nSPS) is 33.2. The van der Waals surface area contributed by atoms with E-state index in [1.807, 2.05) is 0 Å². The first-order valence-corrected chi connectivity index (χ1v) is 7.76. The largest absolute Gasteiger partial charge is 0.381 e. The fourth-order valence-electron chi connectivity index (χ4n) is 3.77. The van der Waals surface area contributed by atoms with Crippen molar-refractivity contribution < 1.29 is 4.74 Å². The van der Waals surface area contributed by atoms with Gasteiger partial charge in [0.2, 0.25) is 0 Å². The molecule has 0 aromatic carbocycles. The molecule has 112 valence electrons. The highest BCUT2D eigenvalue weighted by atomic mass is 16.5. The number of nitrogens with zero attached hydrogens (tertiary/aromatic N) is 2. The van der Waals surface area contributed by atoms with Gasteiger partial charge in [0.1, 0.15) is 0 Å². The van der Waals surface area contributed by atoms with E-state index in [-0.39, 0.29) is 0 Å². The second-order valence-corrected chi connectivity index (χ2v) is 6.72. The molecular weight excluding hydrogens is 238 g/mol. The first kappa shape index (κ1) is 15.2. The van der Waals surface area contributed by atoms with Gasteiger partial charge in [0.05, 0.1) is 6.61 Å². The molecule has 0 amide bonds. The van der Waals surface area contributed by atoms with E-state index in [0.717, 1.165) is 25.8 Å². The summed E-state index contributed by atoms with van der Waals surface area (Å²) in [4.78, 5) is 5.04. The number of hydrogen-bond acceptors (Lipinski definition) is 4. The number of nitrogens with one attached hydrogen (secondary N) is 1. The van der Waals surface area contributed by atoms with Crippen LogP contribution in [0.4, 0.5) is 0 Å². The second-order valence-electron chi connectivity index (χ2n) is 6.72. The van der Waals surface area contributed by atoms with E-state index in [4.69, 9.17) is 4.74 Å². The lowest BCUT2D eigenvalue weighted by Crippen LogP contribution is -2.51. The van der Waals surface area contributed by atoms with E-state index < -0.39 is 0 Å². The predicted molar refractivity (Wildman–Crippen MR) is 79.6 cm³/mol. The third kappa shape index (κ3) is 4.15. The molecule has 4 nitrogen and oxygen atoms in total. The van der Waals surface area contributed by atoms with Crippen LogP contribution in [0.3, 0.4) is 0 Å². The van der Waals surface area contributed by atoms with Gasteiger partial charge >= 0.3 is 0 Å². The lowest BCUT2D eigenvalue weighted by Gasteiger charge is -2.41. The molecule has 0 aromatic heterocycles. The van der Waals surface area contributed by atoms with Crippen LogP contribution in [-0.4, -0.2) is 76.4 Å². The Kier molecular flexibility index (Phi) is 5.63. The number of rotatable bonds is 6. The average Bonchev–Trinajstić information content (AvgIpc) is 2.77. The maximum Gasteiger partial charge on any atom is 0.0546 e. The summed E-state index contributed by atoms with van der Waals surface area (Å²) < 4.78 is 5.79. The molecule has 4 heteroatoms. The van der Waals surface area contributed by atoms with Crippen LogP contribution < -0.4 is 5.32 Å². The zero-order valence-electron chi connectivity index (χ0n) is 13.0. The molecule has 0 spiro atoms. The first-order valence-electron chi connectivity index (χ1n) is 7.76. The Labute approximate surface area is 118 Å². The van der Waals surface area contributed by atoms with E-state index in [1.165, 1.54) is 45.3 Å².